The number of carbonyl (C=O) groups is 1. The average molecular weight is 238 g/mol. The van der Waals surface area contributed by atoms with Crippen LogP contribution in [0.5, 0.6) is 0 Å². The molecule has 0 spiro atoms. The quantitative estimate of drug-likeness (QED) is 0.791. The molecular weight excluding hydrogens is 220 g/mol. The second-order valence-electron chi connectivity index (χ2n) is 4.36. The van der Waals surface area contributed by atoms with E-state index in [2.05, 4.69) is 15.0 Å². The van der Waals surface area contributed by atoms with Gasteiger partial charge in [0.15, 0.2) is 0 Å². The third-order valence-corrected chi connectivity index (χ3v) is 2.14. The molecule has 1 aromatic rings. The van der Waals surface area contributed by atoms with Crippen LogP contribution in [0.3, 0.4) is 0 Å². The monoisotopic (exact) mass is 238 g/mol. The minimum atomic E-state index is -0.446. The van der Waals surface area contributed by atoms with Crippen LogP contribution in [0.2, 0.25) is 0 Å². The zero-order valence-corrected chi connectivity index (χ0v) is 10.6. The summed E-state index contributed by atoms with van der Waals surface area (Å²) in [6.07, 6.45) is 1.57. The van der Waals surface area contributed by atoms with Gasteiger partial charge in [0.1, 0.15) is 5.69 Å². The van der Waals surface area contributed by atoms with Crippen molar-refractivity contribution in [1.29, 1.82) is 0 Å². The maximum absolute atomic E-state index is 11.3. The van der Waals surface area contributed by atoms with Gasteiger partial charge in [-0.1, -0.05) is 0 Å². The lowest BCUT2D eigenvalue weighted by Crippen LogP contribution is -2.35. The van der Waals surface area contributed by atoms with Gasteiger partial charge >= 0.3 is 5.97 Å². The Morgan fingerprint density at radius 2 is 2.18 bits per heavy atom. The van der Waals surface area contributed by atoms with Crippen LogP contribution in [-0.4, -0.2) is 37.3 Å². The fourth-order valence-corrected chi connectivity index (χ4v) is 1.51. The molecule has 0 aliphatic heterocycles. The zero-order valence-electron chi connectivity index (χ0n) is 10.6. The van der Waals surface area contributed by atoms with Crippen LogP contribution in [0.1, 0.15) is 24.3 Å². The number of hydrogen-bond donors (Lipinski definition) is 1. The molecule has 17 heavy (non-hydrogen) atoms. The lowest BCUT2D eigenvalue weighted by Gasteiger charge is -2.26. The molecule has 5 nitrogen and oxygen atoms in total. The Labute approximate surface area is 101 Å². The molecule has 0 saturated heterocycles. The first-order valence-electron chi connectivity index (χ1n) is 5.30. The van der Waals surface area contributed by atoms with Crippen LogP contribution in [0.25, 0.3) is 0 Å². The summed E-state index contributed by atoms with van der Waals surface area (Å²) in [5, 5.41) is 3.27. The molecule has 1 rings (SSSR count). The second kappa shape index (κ2) is 5.63. The number of hydrogen-bond acceptors (Lipinski definition) is 5. The van der Waals surface area contributed by atoms with Gasteiger partial charge in [0, 0.05) is 19.0 Å². The van der Waals surface area contributed by atoms with E-state index in [1.165, 1.54) is 7.11 Å². The van der Waals surface area contributed by atoms with Crippen molar-refractivity contribution in [3.8, 4) is 0 Å². The van der Waals surface area contributed by atoms with E-state index >= 15 is 0 Å². The van der Waals surface area contributed by atoms with E-state index in [-0.39, 0.29) is 11.2 Å². The molecule has 1 heterocycles. The summed E-state index contributed by atoms with van der Waals surface area (Å²) in [4.78, 5) is 15.3. The average Bonchev–Trinajstić information content (AvgIpc) is 2.27. The number of esters is 1. The van der Waals surface area contributed by atoms with Crippen molar-refractivity contribution in [3.05, 3.63) is 24.0 Å². The third kappa shape index (κ3) is 4.03. The molecule has 94 valence electrons. The fraction of sp³-hybridized carbons (Fsp3) is 0.500. The molecule has 0 aliphatic rings. The van der Waals surface area contributed by atoms with Gasteiger partial charge in [0.05, 0.1) is 19.3 Å². The van der Waals surface area contributed by atoms with Crippen molar-refractivity contribution in [2.75, 3.05) is 26.1 Å². The highest BCUT2D eigenvalue weighted by atomic mass is 16.5. The highest BCUT2D eigenvalue weighted by Gasteiger charge is 2.17. The molecule has 0 aromatic carbocycles. The fourth-order valence-electron chi connectivity index (χ4n) is 1.51. The molecule has 0 atom stereocenters. The Hall–Kier alpha value is -1.62. The third-order valence-electron chi connectivity index (χ3n) is 2.14. The van der Waals surface area contributed by atoms with Gasteiger partial charge in [-0.25, -0.2) is 9.78 Å². The summed E-state index contributed by atoms with van der Waals surface area (Å²) in [7, 11) is 2.98. The van der Waals surface area contributed by atoms with Crippen LogP contribution in [0.4, 0.5) is 5.69 Å². The number of carbonyl (C=O) groups excluding carboxylic acids is 1. The Kier molecular flexibility index (Phi) is 4.45. The summed E-state index contributed by atoms with van der Waals surface area (Å²) in [6, 6.07) is 3.45. The molecule has 0 fully saturated rings. The molecule has 1 aromatic heterocycles. The standard InChI is InChI=1S/C12H18N2O3/c1-12(2,8-16-3)14-9-5-6-13-10(7-9)11(15)17-4/h5-7H,8H2,1-4H3,(H,13,14). The summed E-state index contributed by atoms with van der Waals surface area (Å²) in [6.45, 7) is 4.58. The van der Waals surface area contributed by atoms with Crippen LogP contribution >= 0.6 is 0 Å². The normalized spacial score (nSPS) is 11.1. The van der Waals surface area contributed by atoms with Gasteiger partial charge < -0.3 is 14.8 Å². The van der Waals surface area contributed by atoms with Crippen LogP contribution in [0, 0.1) is 0 Å². The number of nitrogens with zero attached hydrogens (tertiary/aromatic N) is 1. The highest BCUT2D eigenvalue weighted by molar-refractivity contribution is 5.88. The van der Waals surface area contributed by atoms with Gasteiger partial charge in [-0.3, -0.25) is 0 Å². The van der Waals surface area contributed by atoms with Crippen LogP contribution in [-0.2, 0) is 9.47 Å². The van der Waals surface area contributed by atoms with Crippen molar-refractivity contribution < 1.29 is 14.3 Å². The summed E-state index contributed by atoms with van der Waals surface area (Å²) >= 11 is 0. The topological polar surface area (TPSA) is 60.5 Å². The number of aromatic nitrogens is 1. The van der Waals surface area contributed by atoms with E-state index in [1.807, 2.05) is 13.8 Å². The minimum absolute atomic E-state index is 0.219. The van der Waals surface area contributed by atoms with Gasteiger partial charge in [0.2, 0.25) is 0 Å². The van der Waals surface area contributed by atoms with Crippen LogP contribution < -0.4 is 5.32 Å². The first-order valence-corrected chi connectivity index (χ1v) is 5.30. The van der Waals surface area contributed by atoms with Crippen molar-refractivity contribution in [2.24, 2.45) is 0 Å². The number of methoxy groups -OCH3 is 2. The summed E-state index contributed by atoms with van der Waals surface area (Å²) in [5.41, 5.74) is 0.872. The number of pyridine rings is 1. The Morgan fingerprint density at radius 1 is 1.47 bits per heavy atom. The lowest BCUT2D eigenvalue weighted by molar-refractivity contribution is 0.0594. The maximum atomic E-state index is 11.3. The molecule has 0 bridgehead atoms. The van der Waals surface area contributed by atoms with Crippen molar-refractivity contribution in [3.63, 3.8) is 0 Å². The molecule has 0 amide bonds. The number of rotatable bonds is 5. The smallest absolute Gasteiger partial charge is 0.356 e. The van der Waals surface area contributed by atoms with E-state index in [1.54, 1.807) is 25.4 Å². The van der Waals surface area contributed by atoms with E-state index in [4.69, 9.17) is 4.74 Å². The Balaban J connectivity index is 2.82. The molecule has 0 aliphatic carbocycles. The lowest BCUT2D eigenvalue weighted by atomic mass is 10.1. The van der Waals surface area contributed by atoms with E-state index < -0.39 is 5.97 Å². The van der Waals surface area contributed by atoms with E-state index in [0.29, 0.717) is 6.61 Å². The summed E-state index contributed by atoms with van der Waals surface area (Å²) in [5.74, 6) is -0.446. The van der Waals surface area contributed by atoms with E-state index in [0.717, 1.165) is 5.69 Å². The number of anilines is 1. The molecule has 0 saturated carbocycles. The molecule has 0 radical (unpaired) electrons. The van der Waals surface area contributed by atoms with Gasteiger partial charge in [-0.15, -0.1) is 0 Å². The molecule has 0 unspecified atom stereocenters. The van der Waals surface area contributed by atoms with Crippen LogP contribution in [0.15, 0.2) is 18.3 Å². The Morgan fingerprint density at radius 3 is 2.76 bits per heavy atom. The van der Waals surface area contributed by atoms with E-state index in [9.17, 15) is 4.79 Å². The molecular formula is C12H18N2O3. The Bertz CT molecular complexity index is 391. The highest BCUT2D eigenvalue weighted by Crippen LogP contribution is 2.16. The zero-order chi connectivity index (χ0) is 12.9. The number of nitrogens with one attached hydrogen (secondary N) is 1. The second-order valence-corrected chi connectivity index (χ2v) is 4.36. The largest absolute Gasteiger partial charge is 0.464 e. The summed E-state index contributed by atoms with van der Waals surface area (Å²) < 4.78 is 9.72. The maximum Gasteiger partial charge on any atom is 0.356 e. The minimum Gasteiger partial charge on any atom is -0.464 e. The first kappa shape index (κ1) is 13.4. The van der Waals surface area contributed by atoms with Crippen molar-refractivity contribution in [1.82, 2.24) is 4.98 Å². The number of ether oxygens (including phenoxy) is 2. The van der Waals surface area contributed by atoms with Crippen molar-refractivity contribution in [2.45, 2.75) is 19.4 Å². The van der Waals surface area contributed by atoms with Gasteiger partial charge in [0.25, 0.3) is 0 Å². The molecule has 5 heteroatoms. The molecule has 1 N–H and O–H groups in total. The van der Waals surface area contributed by atoms with Crippen molar-refractivity contribution >= 4 is 11.7 Å². The van der Waals surface area contributed by atoms with Gasteiger partial charge in [-0.2, -0.15) is 0 Å². The van der Waals surface area contributed by atoms with Gasteiger partial charge in [-0.05, 0) is 26.0 Å². The predicted molar refractivity (Wildman–Crippen MR) is 65.2 cm³/mol. The SMILES string of the molecule is COCC(C)(C)Nc1ccnc(C(=O)OC)c1. The predicted octanol–water partition coefficient (Wildman–Crippen LogP) is 1.71. The first-order chi connectivity index (χ1) is 7.98.